The normalized spacial score (nSPS) is 27.5. The maximum atomic E-state index is 13.1. The molecule has 25 heavy (non-hydrogen) atoms. The molecule has 2 fully saturated rings. The lowest BCUT2D eigenvalue weighted by molar-refractivity contribution is -0.883. The highest BCUT2D eigenvalue weighted by atomic mass is 127. The molecule has 0 radical (unpaired) electrons. The van der Waals surface area contributed by atoms with Gasteiger partial charge in [0.15, 0.2) is 5.60 Å². The molecule has 1 N–H and O–H groups in total. The zero-order chi connectivity index (χ0) is 17.6. The Morgan fingerprint density at radius 2 is 1.92 bits per heavy atom. The van der Waals surface area contributed by atoms with Gasteiger partial charge in [-0.3, -0.25) is 0 Å². The summed E-state index contributed by atoms with van der Waals surface area (Å²) in [6.07, 6.45) is 1.12. The summed E-state index contributed by atoms with van der Waals surface area (Å²) in [5.74, 6) is 0.214. The van der Waals surface area contributed by atoms with E-state index in [1.807, 2.05) is 24.3 Å². The number of ether oxygens (including phenoxy) is 1. The Kier molecular flexibility index (Phi) is 5.33. The second kappa shape index (κ2) is 7.23. The van der Waals surface area contributed by atoms with Crippen LogP contribution in [-0.2, 0) is 10.3 Å². The average molecular weight is 672 g/mol. The van der Waals surface area contributed by atoms with Crippen molar-refractivity contribution in [2.75, 3.05) is 19.6 Å². The minimum absolute atomic E-state index is 0.196. The van der Waals surface area contributed by atoms with Gasteiger partial charge in [-0.15, -0.1) is 0 Å². The molecule has 2 bridgehead atoms. The minimum Gasteiger partial charge on any atom is -0.444 e. The molecule has 0 aliphatic carbocycles. The van der Waals surface area contributed by atoms with Crippen molar-refractivity contribution in [3.63, 3.8) is 0 Å². The van der Waals surface area contributed by atoms with E-state index in [4.69, 9.17) is 4.74 Å². The van der Waals surface area contributed by atoms with Crippen LogP contribution < -0.4 is 4.90 Å². The number of carbonyl (C=O) groups is 1. The van der Waals surface area contributed by atoms with E-state index in [1.54, 1.807) is 4.90 Å². The first-order chi connectivity index (χ1) is 12.0. The second-order valence-electron chi connectivity index (χ2n) is 6.76. The molecule has 0 aromatic heterocycles. The largest absolute Gasteiger partial charge is 0.444 e. The molecular formula is C19H17I3NO2+. The van der Waals surface area contributed by atoms with E-state index >= 15 is 0 Å². The Morgan fingerprint density at radius 3 is 2.56 bits per heavy atom. The zero-order valence-electron chi connectivity index (χ0n) is 13.4. The van der Waals surface area contributed by atoms with Crippen LogP contribution in [0.5, 0.6) is 0 Å². The number of hydrogen-bond donors (Lipinski definition) is 1. The van der Waals surface area contributed by atoms with E-state index in [2.05, 4.69) is 86.0 Å². The summed E-state index contributed by atoms with van der Waals surface area (Å²) in [5, 5.41) is 0. The number of esters is 1. The lowest BCUT2D eigenvalue weighted by atomic mass is 9.81. The fourth-order valence-corrected chi connectivity index (χ4v) is 6.54. The average Bonchev–Trinajstić information content (AvgIpc) is 3.20. The van der Waals surface area contributed by atoms with Crippen molar-refractivity contribution in [3.05, 3.63) is 64.3 Å². The SMILES string of the molecule is O=C(OC1(c2ccccc2)C[NH+]2CCC1C2)c1cc(I)cc(I)c1I. The van der Waals surface area contributed by atoms with Crippen LogP contribution in [0.15, 0.2) is 42.5 Å². The smallest absolute Gasteiger partial charge is 0.340 e. The molecule has 0 amide bonds. The number of carbonyl (C=O) groups excluding carboxylic acids is 1. The van der Waals surface area contributed by atoms with Gasteiger partial charge in [0, 0.05) is 22.7 Å². The number of piperidine rings is 1. The van der Waals surface area contributed by atoms with Gasteiger partial charge in [0.05, 0.1) is 24.6 Å². The third kappa shape index (κ3) is 3.36. The number of nitrogens with one attached hydrogen (secondary N) is 1. The summed E-state index contributed by atoms with van der Waals surface area (Å²) in [6, 6.07) is 14.3. The van der Waals surface area contributed by atoms with Crippen molar-refractivity contribution < 1.29 is 14.4 Å². The van der Waals surface area contributed by atoms with Crippen LogP contribution in [-0.4, -0.2) is 25.6 Å². The van der Waals surface area contributed by atoms with Crippen LogP contribution in [0.2, 0.25) is 0 Å². The number of rotatable bonds is 3. The fourth-order valence-electron chi connectivity index (χ4n) is 4.17. The van der Waals surface area contributed by atoms with Crippen molar-refractivity contribution in [2.45, 2.75) is 12.0 Å². The third-order valence-corrected chi connectivity index (χ3v) is 8.97. The van der Waals surface area contributed by atoms with Crippen molar-refractivity contribution in [1.82, 2.24) is 0 Å². The van der Waals surface area contributed by atoms with Gasteiger partial charge in [-0.2, -0.15) is 0 Å². The highest BCUT2D eigenvalue weighted by Gasteiger charge is 2.58. The van der Waals surface area contributed by atoms with Crippen LogP contribution in [0.1, 0.15) is 22.3 Å². The number of hydrogen-bond acceptors (Lipinski definition) is 2. The zero-order valence-corrected chi connectivity index (χ0v) is 19.9. The molecule has 3 nitrogen and oxygen atoms in total. The van der Waals surface area contributed by atoms with Crippen LogP contribution in [0, 0.1) is 16.6 Å². The van der Waals surface area contributed by atoms with E-state index in [0.29, 0.717) is 11.5 Å². The lowest BCUT2D eigenvalue weighted by Gasteiger charge is -2.34. The highest BCUT2D eigenvalue weighted by Crippen LogP contribution is 2.40. The first-order valence-electron chi connectivity index (χ1n) is 8.26. The van der Waals surface area contributed by atoms with Gasteiger partial charge in [0.1, 0.15) is 6.54 Å². The van der Waals surface area contributed by atoms with E-state index in [9.17, 15) is 4.79 Å². The van der Waals surface area contributed by atoms with Gasteiger partial charge in [-0.25, -0.2) is 4.79 Å². The lowest BCUT2D eigenvalue weighted by Crippen LogP contribution is -3.09. The maximum Gasteiger partial charge on any atom is 0.340 e. The summed E-state index contributed by atoms with van der Waals surface area (Å²) in [5.41, 5.74) is 1.33. The van der Waals surface area contributed by atoms with Gasteiger partial charge in [-0.05, 0) is 79.9 Å². The molecule has 2 heterocycles. The van der Waals surface area contributed by atoms with Gasteiger partial charge < -0.3 is 9.64 Å². The maximum absolute atomic E-state index is 13.1. The fraction of sp³-hybridized carbons (Fsp3) is 0.316. The number of quaternary nitrogens is 1. The molecule has 2 aliphatic rings. The van der Waals surface area contributed by atoms with Crippen molar-refractivity contribution in [1.29, 1.82) is 0 Å². The molecule has 0 spiro atoms. The Labute approximate surface area is 188 Å². The van der Waals surface area contributed by atoms with Crippen LogP contribution >= 0.6 is 67.8 Å². The third-order valence-electron chi connectivity index (χ3n) is 5.30. The van der Waals surface area contributed by atoms with Crippen molar-refractivity contribution in [3.8, 4) is 0 Å². The Morgan fingerprint density at radius 1 is 1.16 bits per heavy atom. The summed E-state index contributed by atoms with van der Waals surface area (Å²) >= 11 is 6.79. The van der Waals surface area contributed by atoms with E-state index < -0.39 is 5.60 Å². The summed E-state index contributed by atoms with van der Waals surface area (Å²) in [4.78, 5) is 14.7. The molecule has 3 unspecified atom stereocenters. The molecule has 6 heteroatoms. The molecule has 2 aromatic carbocycles. The van der Waals surface area contributed by atoms with Crippen molar-refractivity contribution >= 4 is 73.7 Å². The predicted molar refractivity (Wildman–Crippen MR) is 122 cm³/mol. The van der Waals surface area contributed by atoms with Crippen LogP contribution in [0.25, 0.3) is 0 Å². The van der Waals surface area contributed by atoms with E-state index in [0.717, 1.165) is 35.8 Å². The molecule has 2 aliphatic heterocycles. The van der Waals surface area contributed by atoms with E-state index in [1.165, 1.54) is 6.54 Å². The standard InChI is InChI=1S/C19H16I3NO2/c20-14-8-15(17(22)16(21)9-14)18(24)25-19(12-4-2-1-3-5-12)11-23-7-6-13(19)10-23/h1-5,8-9,13H,6-7,10-11H2/p+1. The van der Waals surface area contributed by atoms with Gasteiger partial charge in [-0.1, -0.05) is 30.3 Å². The van der Waals surface area contributed by atoms with Crippen molar-refractivity contribution in [2.24, 2.45) is 5.92 Å². The number of halogens is 3. The first-order valence-corrected chi connectivity index (χ1v) is 11.5. The quantitative estimate of drug-likeness (QED) is 0.308. The number of fused-ring (bicyclic) bond motifs is 2. The van der Waals surface area contributed by atoms with Gasteiger partial charge in [0.25, 0.3) is 0 Å². The summed E-state index contributed by atoms with van der Waals surface area (Å²) in [6.45, 7) is 3.17. The predicted octanol–water partition coefficient (Wildman–Crippen LogP) is 3.47. The number of benzene rings is 2. The second-order valence-corrected chi connectivity index (χ2v) is 10.2. The topological polar surface area (TPSA) is 30.7 Å². The Balaban J connectivity index is 1.72. The van der Waals surface area contributed by atoms with Gasteiger partial charge >= 0.3 is 5.97 Å². The molecule has 4 rings (SSSR count). The minimum atomic E-state index is -0.484. The van der Waals surface area contributed by atoms with Crippen LogP contribution in [0.4, 0.5) is 0 Å². The monoisotopic (exact) mass is 672 g/mol. The Bertz CT molecular complexity index is 827. The summed E-state index contributed by atoms with van der Waals surface area (Å²) < 4.78 is 9.45. The molecule has 3 atom stereocenters. The molecular weight excluding hydrogens is 655 g/mol. The molecule has 2 saturated heterocycles. The first kappa shape index (κ1) is 18.4. The van der Waals surface area contributed by atoms with Gasteiger partial charge in [0.2, 0.25) is 0 Å². The molecule has 130 valence electrons. The Hall–Kier alpha value is 0.0600. The van der Waals surface area contributed by atoms with E-state index in [-0.39, 0.29) is 5.97 Å². The molecule has 2 aromatic rings. The van der Waals surface area contributed by atoms with Crippen LogP contribution in [0.3, 0.4) is 0 Å². The molecule has 0 saturated carbocycles. The highest BCUT2D eigenvalue weighted by molar-refractivity contribution is 14.1. The summed E-state index contributed by atoms with van der Waals surface area (Å²) in [7, 11) is 0.